The lowest BCUT2D eigenvalue weighted by atomic mass is 10.1. The molecule has 1 N–H and O–H groups in total. The van der Waals surface area contributed by atoms with Gasteiger partial charge in [-0.05, 0) is 18.9 Å². The van der Waals surface area contributed by atoms with Crippen LogP contribution in [0.15, 0.2) is 23.4 Å². The van der Waals surface area contributed by atoms with Crippen LogP contribution in [0.4, 0.5) is 0 Å². The number of carbonyl (C=O) groups is 1. The number of rotatable bonds is 5. The van der Waals surface area contributed by atoms with Gasteiger partial charge in [0.25, 0.3) is 0 Å². The third-order valence-corrected chi connectivity index (χ3v) is 5.23. The summed E-state index contributed by atoms with van der Waals surface area (Å²) in [6.07, 6.45) is 3.31. The molecule has 9 heteroatoms. The van der Waals surface area contributed by atoms with Gasteiger partial charge in [0.1, 0.15) is 11.5 Å². The molecule has 0 radical (unpaired) electrons. The van der Waals surface area contributed by atoms with E-state index >= 15 is 0 Å². The first-order valence-electron chi connectivity index (χ1n) is 6.33. The van der Waals surface area contributed by atoms with Crippen molar-refractivity contribution in [2.75, 3.05) is 19.7 Å². The van der Waals surface area contributed by atoms with Gasteiger partial charge in [-0.25, -0.2) is 13.2 Å². The number of sulfonamides is 1. The highest BCUT2D eigenvalue weighted by atomic mass is 35.5. The van der Waals surface area contributed by atoms with Crippen molar-refractivity contribution in [1.82, 2.24) is 9.29 Å². The van der Waals surface area contributed by atoms with E-state index < -0.39 is 16.0 Å². The smallest absolute Gasteiger partial charge is 0.329 e. The zero-order chi connectivity index (χ0) is 15.5. The van der Waals surface area contributed by atoms with Gasteiger partial charge in [-0.2, -0.15) is 4.31 Å². The summed E-state index contributed by atoms with van der Waals surface area (Å²) in [6.45, 7) is 0.188. The predicted molar refractivity (Wildman–Crippen MR) is 74.6 cm³/mol. The van der Waals surface area contributed by atoms with Crippen LogP contribution in [0.5, 0.6) is 0 Å². The summed E-state index contributed by atoms with van der Waals surface area (Å²) >= 11 is 5.76. The molecule has 1 aliphatic rings. The van der Waals surface area contributed by atoms with Gasteiger partial charge >= 0.3 is 5.97 Å². The fourth-order valence-corrected chi connectivity index (χ4v) is 3.81. The molecule has 0 aliphatic carbocycles. The lowest BCUT2D eigenvalue weighted by Gasteiger charge is -2.30. The van der Waals surface area contributed by atoms with Gasteiger partial charge in [0, 0.05) is 25.5 Å². The third-order valence-electron chi connectivity index (χ3n) is 3.16. The van der Waals surface area contributed by atoms with Gasteiger partial charge in [-0.1, -0.05) is 11.6 Å². The molecule has 1 aromatic rings. The summed E-state index contributed by atoms with van der Waals surface area (Å²) in [6, 6.07) is 1.36. The molecule has 0 spiro atoms. The average Bonchev–Trinajstić information content (AvgIpc) is 2.45. The number of pyridine rings is 1. The second-order valence-corrected chi connectivity index (χ2v) is 7.02. The highest BCUT2D eigenvalue weighted by Crippen LogP contribution is 2.23. The van der Waals surface area contributed by atoms with E-state index in [9.17, 15) is 13.2 Å². The first-order chi connectivity index (χ1) is 9.89. The number of hydrogen-bond acceptors (Lipinski definition) is 5. The maximum absolute atomic E-state index is 12.4. The molecule has 0 saturated carbocycles. The molecule has 116 valence electrons. The van der Waals surface area contributed by atoms with Crippen LogP contribution in [0.25, 0.3) is 0 Å². The number of hydrogen-bond donors (Lipinski definition) is 1. The monoisotopic (exact) mass is 334 g/mol. The van der Waals surface area contributed by atoms with Gasteiger partial charge < -0.3 is 9.84 Å². The zero-order valence-corrected chi connectivity index (χ0v) is 12.7. The van der Waals surface area contributed by atoms with E-state index in [0.29, 0.717) is 12.8 Å². The quantitative estimate of drug-likeness (QED) is 0.862. The maximum atomic E-state index is 12.4. The molecule has 1 saturated heterocycles. The number of ether oxygens (including phenoxy) is 1. The number of carboxylic acid groups (broad SMARTS) is 1. The molecule has 1 aliphatic heterocycles. The Bertz CT molecular complexity index is 614. The molecular formula is C12H15ClN2O5S. The molecule has 21 heavy (non-hydrogen) atoms. The number of piperidine rings is 1. The summed E-state index contributed by atoms with van der Waals surface area (Å²) in [5, 5.41) is 8.81. The van der Waals surface area contributed by atoms with E-state index in [1.165, 1.54) is 22.8 Å². The largest absolute Gasteiger partial charge is 0.480 e. The van der Waals surface area contributed by atoms with Crippen LogP contribution in [-0.4, -0.2) is 54.6 Å². The minimum absolute atomic E-state index is 0.0555. The van der Waals surface area contributed by atoms with Crippen LogP contribution < -0.4 is 0 Å². The first kappa shape index (κ1) is 16.2. The Labute approximate surface area is 127 Å². The highest BCUT2D eigenvalue weighted by molar-refractivity contribution is 7.89. The summed E-state index contributed by atoms with van der Waals surface area (Å²) in [5.74, 6) is -1.03. The molecule has 1 aromatic heterocycles. The number of halogens is 1. The summed E-state index contributed by atoms with van der Waals surface area (Å²) < 4.78 is 31.3. The Balaban J connectivity index is 1.99. The van der Waals surface area contributed by atoms with E-state index in [-0.39, 0.29) is 35.7 Å². The molecule has 2 rings (SSSR count). The summed E-state index contributed by atoms with van der Waals surface area (Å²) in [5.41, 5.74) is 0. The fraction of sp³-hybridized carbons (Fsp3) is 0.500. The van der Waals surface area contributed by atoms with E-state index in [2.05, 4.69) is 4.98 Å². The minimum Gasteiger partial charge on any atom is -0.480 e. The van der Waals surface area contributed by atoms with Crippen LogP contribution in [0, 0.1) is 0 Å². The van der Waals surface area contributed by atoms with Crippen molar-refractivity contribution >= 4 is 27.6 Å². The van der Waals surface area contributed by atoms with Crippen molar-refractivity contribution in [3.05, 3.63) is 23.5 Å². The molecule has 0 aromatic carbocycles. The van der Waals surface area contributed by atoms with E-state index in [1.807, 2.05) is 0 Å². The van der Waals surface area contributed by atoms with E-state index in [1.54, 1.807) is 0 Å². The molecule has 1 fully saturated rings. The topological polar surface area (TPSA) is 96.8 Å². The zero-order valence-electron chi connectivity index (χ0n) is 11.1. The number of aromatic nitrogens is 1. The van der Waals surface area contributed by atoms with Crippen molar-refractivity contribution in [3.63, 3.8) is 0 Å². The molecule has 7 nitrogen and oxygen atoms in total. The average molecular weight is 335 g/mol. The first-order valence-corrected chi connectivity index (χ1v) is 8.15. The van der Waals surface area contributed by atoms with Gasteiger partial charge in [-0.3, -0.25) is 4.98 Å². The minimum atomic E-state index is -3.62. The third kappa shape index (κ3) is 4.13. The molecule has 0 atom stereocenters. The van der Waals surface area contributed by atoms with Gasteiger partial charge in [0.15, 0.2) is 0 Å². The molecule has 0 amide bonds. The SMILES string of the molecule is O=C(O)COC1CCN(S(=O)(=O)c2cncc(Cl)c2)CC1. The van der Waals surface area contributed by atoms with Crippen LogP contribution in [0.2, 0.25) is 5.02 Å². The van der Waals surface area contributed by atoms with Crippen molar-refractivity contribution in [2.24, 2.45) is 0 Å². The normalized spacial score (nSPS) is 17.8. The second kappa shape index (κ2) is 6.69. The second-order valence-electron chi connectivity index (χ2n) is 4.65. The number of aliphatic carboxylic acids is 1. The Morgan fingerprint density at radius 1 is 1.43 bits per heavy atom. The molecule has 2 heterocycles. The van der Waals surface area contributed by atoms with Gasteiger partial charge in [-0.15, -0.1) is 0 Å². The van der Waals surface area contributed by atoms with Crippen LogP contribution >= 0.6 is 11.6 Å². The predicted octanol–water partition coefficient (Wildman–Crippen LogP) is 0.989. The van der Waals surface area contributed by atoms with E-state index in [4.69, 9.17) is 21.4 Å². The standard InChI is InChI=1S/C12H15ClN2O5S/c13-9-5-11(7-14-6-9)21(18,19)15-3-1-10(2-4-15)20-8-12(16)17/h5-7,10H,1-4,8H2,(H,16,17). The van der Waals surface area contributed by atoms with Gasteiger partial charge in [0.2, 0.25) is 10.0 Å². The highest BCUT2D eigenvalue weighted by Gasteiger charge is 2.30. The fourth-order valence-electron chi connectivity index (χ4n) is 2.11. The van der Waals surface area contributed by atoms with Crippen LogP contribution in [0.3, 0.4) is 0 Å². The van der Waals surface area contributed by atoms with Crippen molar-refractivity contribution in [3.8, 4) is 0 Å². The summed E-state index contributed by atoms with van der Waals surface area (Å²) in [4.78, 5) is 14.3. The number of nitrogens with zero attached hydrogens (tertiary/aromatic N) is 2. The lowest BCUT2D eigenvalue weighted by Crippen LogP contribution is -2.41. The van der Waals surface area contributed by atoms with Crippen molar-refractivity contribution < 1.29 is 23.1 Å². The number of carboxylic acids is 1. The van der Waals surface area contributed by atoms with E-state index in [0.717, 1.165) is 0 Å². The Morgan fingerprint density at radius 2 is 2.10 bits per heavy atom. The summed E-state index contributed by atoms with van der Waals surface area (Å²) in [7, 11) is -3.62. The Morgan fingerprint density at radius 3 is 2.67 bits per heavy atom. The Kier molecular flexibility index (Phi) is 5.15. The van der Waals surface area contributed by atoms with Gasteiger partial charge in [0.05, 0.1) is 11.1 Å². The molecule has 0 unspecified atom stereocenters. The molecule has 0 bridgehead atoms. The Hall–Kier alpha value is -1.22. The lowest BCUT2D eigenvalue weighted by molar-refractivity contribution is -0.145. The van der Waals surface area contributed by atoms with Crippen LogP contribution in [-0.2, 0) is 19.6 Å². The van der Waals surface area contributed by atoms with Crippen molar-refractivity contribution in [1.29, 1.82) is 0 Å². The van der Waals surface area contributed by atoms with Crippen molar-refractivity contribution in [2.45, 2.75) is 23.8 Å². The maximum Gasteiger partial charge on any atom is 0.329 e. The molecular weight excluding hydrogens is 320 g/mol. The van der Waals surface area contributed by atoms with Crippen LogP contribution in [0.1, 0.15) is 12.8 Å².